The number of carboxylic acids is 1. The lowest BCUT2D eigenvalue weighted by Crippen LogP contribution is -2.21. The zero-order chi connectivity index (χ0) is 27.0. The van der Waals surface area contributed by atoms with Crippen molar-refractivity contribution in [1.29, 1.82) is 0 Å². The van der Waals surface area contributed by atoms with Crippen LogP contribution in [0.5, 0.6) is 0 Å². The lowest BCUT2D eigenvalue weighted by Gasteiger charge is -2.12. The molecule has 5 rings (SSSR count). The normalized spacial score (nSPS) is 14.7. The number of amides is 1. The van der Waals surface area contributed by atoms with Gasteiger partial charge >= 0.3 is 5.97 Å². The average molecular weight is 569 g/mol. The summed E-state index contributed by atoms with van der Waals surface area (Å²) in [6, 6.07) is 13.7. The van der Waals surface area contributed by atoms with E-state index in [1.807, 2.05) is 0 Å². The third-order valence-corrected chi connectivity index (χ3v) is 8.01. The van der Waals surface area contributed by atoms with Gasteiger partial charge in [-0.15, -0.1) is 11.3 Å². The van der Waals surface area contributed by atoms with E-state index in [0.717, 1.165) is 5.01 Å². The summed E-state index contributed by atoms with van der Waals surface area (Å²) < 4.78 is 33.4. The van der Waals surface area contributed by atoms with E-state index in [4.69, 9.17) is 16.0 Å². The van der Waals surface area contributed by atoms with Gasteiger partial charge in [-0.1, -0.05) is 11.6 Å². The zero-order valence-corrected chi connectivity index (χ0v) is 21.8. The van der Waals surface area contributed by atoms with Crippen LogP contribution < -0.4 is 9.73 Å². The van der Waals surface area contributed by atoms with Crippen LogP contribution in [0.4, 0.5) is 10.8 Å². The number of anilines is 2. The first kappa shape index (κ1) is 25.4. The minimum absolute atomic E-state index is 0.0499. The summed E-state index contributed by atoms with van der Waals surface area (Å²) in [4.78, 5) is 28.5. The van der Waals surface area contributed by atoms with E-state index in [1.54, 1.807) is 36.6 Å². The monoisotopic (exact) mass is 568 g/mol. The van der Waals surface area contributed by atoms with Gasteiger partial charge in [0.2, 0.25) is 0 Å². The molecule has 1 aliphatic rings. The number of sulfonamides is 1. The molecule has 0 spiro atoms. The Kier molecular flexibility index (Phi) is 6.61. The van der Waals surface area contributed by atoms with E-state index in [1.165, 1.54) is 53.9 Å². The SMILES string of the molecule is CC1=NN(c2ccc(Cl)c(C(=O)O)c2)C(=O)/C1=C\c1ccc(-c2ccc(S(=O)(=O)Nc3nccs3)cc2)o1. The van der Waals surface area contributed by atoms with Gasteiger partial charge in [0.15, 0.2) is 5.13 Å². The van der Waals surface area contributed by atoms with Crippen molar-refractivity contribution in [2.75, 3.05) is 9.73 Å². The molecule has 2 aromatic heterocycles. The van der Waals surface area contributed by atoms with E-state index in [2.05, 4.69) is 14.8 Å². The van der Waals surface area contributed by atoms with Crippen molar-refractivity contribution < 1.29 is 27.5 Å². The summed E-state index contributed by atoms with van der Waals surface area (Å²) in [5.74, 6) is -0.829. The third kappa shape index (κ3) is 4.96. The Bertz CT molecular complexity index is 1730. The lowest BCUT2D eigenvalue weighted by molar-refractivity contribution is -0.114. The fraction of sp³-hybridized carbons (Fsp3) is 0.0400. The van der Waals surface area contributed by atoms with Gasteiger partial charge in [-0.05, 0) is 67.6 Å². The summed E-state index contributed by atoms with van der Waals surface area (Å²) >= 11 is 7.11. The molecule has 3 heterocycles. The largest absolute Gasteiger partial charge is 0.478 e. The summed E-state index contributed by atoms with van der Waals surface area (Å²) in [7, 11) is -3.78. The number of aromatic nitrogens is 1. The summed E-state index contributed by atoms with van der Waals surface area (Å²) in [5, 5.41) is 16.7. The lowest BCUT2D eigenvalue weighted by atomic mass is 10.1. The second-order valence-electron chi connectivity index (χ2n) is 8.00. The number of carbonyl (C=O) groups excluding carboxylic acids is 1. The molecule has 2 N–H and O–H groups in total. The molecule has 1 amide bonds. The number of hydrogen-bond donors (Lipinski definition) is 2. The van der Waals surface area contributed by atoms with Crippen molar-refractivity contribution in [2.24, 2.45) is 5.10 Å². The van der Waals surface area contributed by atoms with E-state index in [9.17, 15) is 23.1 Å². The summed E-state index contributed by atoms with van der Waals surface area (Å²) in [6.07, 6.45) is 3.04. The number of hydrazone groups is 1. The Morgan fingerprint density at radius 2 is 1.92 bits per heavy atom. The molecule has 0 atom stereocenters. The van der Waals surface area contributed by atoms with Crippen molar-refractivity contribution in [3.05, 3.63) is 88.1 Å². The Hall–Kier alpha value is -4.26. The van der Waals surface area contributed by atoms with Gasteiger partial charge in [0, 0.05) is 17.1 Å². The summed E-state index contributed by atoms with van der Waals surface area (Å²) in [5.41, 5.74) is 1.44. The first-order valence-electron chi connectivity index (χ1n) is 10.9. The molecule has 38 heavy (non-hydrogen) atoms. The molecule has 192 valence electrons. The fourth-order valence-corrected chi connectivity index (χ4v) is 5.63. The predicted molar refractivity (Wildman–Crippen MR) is 144 cm³/mol. The molecule has 13 heteroatoms. The van der Waals surface area contributed by atoms with Gasteiger partial charge in [0.25, 0.3) is 15.9 Å². The maximum atomic E-state index is 13.1. The molecule has 0 bridgehead atoms. The van der Waals surface area contributed by atoms with Crippen molar-refractivity contribution in [1.82, 2.24) is 4.98 Å². The molecule has 0 saturated heterocycles. The molecule has 4 aromatic rings. The minimum Gasteiger partial charge on any atom is -0.478 e. The maximum absolute atomic E-state index is 13.1. The Labute approximate surface area is 225 Å². The van der Waals surface area contributed by atoms with Crippen LogP contribution >= 0.6 is 22.9 Å². The van der Waals surface area contributed by atoms with Crippen molar-refractivity contribution in [2.45, 2.75) is 11.8 Å². The van der Waals surface area contributed by atoms with Crippen LogP contribution in [-0.4, -0.2) is 36.1 Å². The minimum atomic E-state index is -3.78. The highest BCUT2D eigenvalue weighted by molar-refractivity contribution is 7.93. The van der Waals surface area contributed by atoms with Gasteiger partial charge in [-0.2, -0.15) is 10.1 Å². The van der Waals surface area contributed by atoms with E-state index in [0.29, 0.717) is 22.8 Å². The van der Waals surface area contributed by atoms with Crippen LogP contribution in [0.1, 0.15) is 23.0 Å². The highest BCUT2D eigenvalue weighted by Gasteiger charge is 2.30. The van der Waals surface area contributed by atoms with Gasteiger partial charge < -0.3 is 9.52 Å². The summed E-state index contributed by atoms with van der Waals surface area (Å²) in [6.45, 7) is 1.65. The maximum Gasteiger partial charge on any atom is 0.337 e. The number of hydrogen-bond acceptors (Lipinski definition) is 8. The molecule has 10 nitrogen and oxygen atoms in total. The molecular formula is C25H17ClN4O6S2. The number of furan rings is 1. The van der Waals surface area contributed by atoms with Crippen molar-refractivity contribution >= 4 is 67.4 Å². The quantitative estimate of drug-likeness (QED) is 0.286. The topological polar surface area (TPSA) is 142 Å². The van der Waals surface area contributed by atoms with Crippen molar-refractivity contribution in [3.63, 3.8) is 0 Å². The fourth-order valence-electron chi connectivity index (χ4n) is 3.64. The number of carbonyl (C=O) groups is 2. The number of nitrogens with zero attached hydrogens (tertiary/aromatic N) is 3. The number of thiazole rings is 1. The van der Waals surface area contributed by atoms with Crippen molar-refractivity contribution in [3.8, 4) is 11.3 Å². The smallest absolute Gasteiger partial charge is 0.337 e. The number of nitrogens with one attached hydrogen (secondary N) is 1. The number of aromatic carboxylic acids is 1. The highest BCUT2D eigenvalue weighted by Crippen LogP contribution is 2.30. The van der Waals surface area contributed by atoms with Crippen LogP contribution in [0.3, 0.4) is 0 Å². The van der Waals surface area contributed by atoms with Crippen LogP contribution in [0.2, 0.25) is 5.02 Å². The number of rotatable bonds is 7. The molecule has 2 aromatic carbocycles. The van der Waals surface area contributed by atoms with Crippen LogP contribution in [0.15, 0.2) is 86.2 Å². The molecule has 0 radical (unpaired) electrons. The molecule has 1 aliphatic heterocycles. The third-order valence-electron chi connectivity index (χ3n) is 5.50. The zero-order valence-electron chi connectivity index (χ0n) is 19.5. The number of halogens is 1. The highest BCUT2D eigenvalue weighted by atomic mass is 35.5. The van der Waals surface area contributed by atoms with Crippen LogP contribution in [0.25, 0.3) is 17.4 Å². The van der Waals surface area contributed by atoms with Gasteiger partial charge in [0.1, 0.15) is 11.5 Å². The average Bonchev–Trinajstić information content (AvgIpc) is 3.63. The van der Waals surface area contributed by atoms with E-state index < -0.39 is 21.9 Å². The molecule has 0 fully saturated rings. The Morgan fingerprint density at radius 1 is 1.16 bits per heavy atom. The van der Waals surface area contributed by atoms with E-state index >= 15 is 0 Å². The molecular weight excluding hydrogens is 552 g/mol. The standard InChI is InChI=1S/C25H17ClN4O6S2/c1-14-19(23(31)30(28-14)16-4-8-21(26)20(12-16)24(32)33)13-17-5-9-22(36-17)15-2-6-18(7-3-15)38(34,35)29-25-27-10-11-37-25/h2-13H,1H3,(H,27,29)(H,32,33)/b19-13-. The first-order valence-corrected chi connectivity index (χ1v) is 13.6. The van der Waals surface area contributed by atoms with Gasteiger partial charge in [0.05, 0.1) is 32.5 Å². The Morgan fingerprint density at radius 3 is 2.61 bits per heavy atom. The second kappa shape index (κ2) is 9.89. The van der Waals surface area contributed by atoms with Crippen LogP contribution in [-0.2, 0) is 14.8 Å². The first-order chi connectivity index (χ1) is 18.1. The molecule has 0 saturated carbocycles. The number of benzene rings is 2. The molecule has 0 aliphatic carbocycles. The van der Waals surface area contributed by atoms with Gasteiger partial charge in [-0.3, -0.25) is 9.52 Å². The number of carboxylic acid groups (broad SMARTS) is 1. The second-order valence-corrected chi connectivity index (χ2v) is 11.0. The van der Waals surface area contributed by atoms with E-state index in [-0.39, 0.29) is 31.9 Å². The Balaban J connectivity index is 1.35. The predicted octanol–water partition coefficient (Wildman–Crippen LogP) is 5.36. The van der Waals surface area contributed by atoms with Gasteiger partial charge in [-0.25, -0.2) is 18.2 Å². The van der Waals surface area contributed by atoms with Crippen LogP contribution in [0, 0.1) is 0 Å². The molecule has 0 unspecified atom stereocenters.